The van der Waals surface area contributed by atoms with E-state index in [1.54, 1.807) is 12.2 Å². The van der Waals surface area contributed by atoms with E-state index in [0.717, 1.165) is 0 Å². The largest absolute Gasteiger partial charge is 0.346 e. The summed E-state index contributed by atoms with van der Waals surface area (Å²) in [7, 11) is -3.48. The zero-order valence-electron chi connectivity index (χ0n) is 11.0. The summed E-state index contributed by atoms with van der Waals surface area (Å²) in [6.07, 6.45) is 4.56. The lowest BCUT2D eigenvalue weighted by molar-refractivity contribution is -0.142. The molecular formula is C13H16N2O4S. The predicted molar refractivity (Wildman–Crippen MR) is 70.8 cm³/mol. The second kappa shape index (κ2) is 4.97. The number of rotatable bonds is 2. The lowest BCUT2D eigenvalue weighted by Gasteiger charge is -2.23. The lowest BCUT2D eigenvalue weighted by Crippen LogP contribution is -2.37. The molecule has 0 aromatic heterocycles. The first-order chi connectivity index (χ1) is 9.56. The van der Waals surface area contributed by atoms with Crippen LogP contribution in [0.5, 0.6) is 0 Å². The third-order valence-electron chi connectivity index (χ3n) is 3.90. The Hall–Kier alpha value is -1.20. The summed E-state index contributed by atoms with van der Waals surface area (Å²) in [5.74, 6) is -0.740. The molecule has 0 saturated carbocycles. The van der Waals surface area contributed by atoms with E-state index in [9.17, 15) is 8.42 Å². The highest BCUT2D eigenvalue weighted by Crippen LogP contribution is 2.35. The van der Waals surface area contributed by atoms with Crippen LogP contribution in [0.2, 0.25) is 0 Å². The van der Waals surface area contributed by atoms with Gasteiger partial charge in [-0.1, -0.05) is 0 Å². The van der Waals surface area contributed by atoms with Gasteiger partial charge in [-0.3, -0.25) is 0 Å². The number of hydrogen-bond donors (Lipinski definition) is 0. The molecule has 2 fully saturated rings. The van der Waals surface area contributed by atoms with Gasteiger partial charge in [0, 0.05) is 18.5 Å². The molecule has 1 spiro atoms. The van der Waals surface area contributed by atoms with Gasteiger partial charge in [0.25, 0.3) is 0 Å². The standard InChI is InChI=1S/C13H16N2O4S/c14-9-11-1-3-12(4-2-11)20(16,17)15-6-5-13(10-15)18-7-8-19-13/h1,3H,2,4-8,10H2. The summed E-state index contributed by atoms with van der Waals surface area (Å²) in [4.78, 5) is 0.367. The second-order valence-corrected chi connectivity index (χ2v) is 7.12. The summed E-state index contributed by atoms with van der Waals surface area (Å²) in [6, 6.07) is 2.05. The average Bonchev–Trinajstić information content (AvgIpc) is 3.10. The van der Waals surface area contributed by atoms with Crippen LogP contribution in [0.15, 0.2) is 22.6 Å². The molecule has 2 heterocycles. The molecule has 3 aliphatic rings. The van der Waals surface area contributed by atoms with Crippen molar-refractivity contribution in [2.75, 3.05) is 26.3 Å². The molecule has 2 saturated heterocycles. The molecule has 0 bridgehead atoms. The molecule has 0 N–H and O–H groups in total. The molecule has 0 aromatic rings. The molecule has 0 unspecified atom stereocenters. The molecule has 2 aliphatic heterocycles. The smallest absolute Gasteiger partial charge is 0.239 e. The summed E-state index contributed by atoms with van der Waals surface area (Å²) in [6.45, 7) is 1.70. The van der Waals surface area contributed by atoms with Crippen molar-refractivity contribution >= 4 is 10.0 Å². The second-order valence-electron chi connectivity index (χ2n) is 5.13. The Morgan fingerprint density at radius 2 is 2.00 bits per heavy atom. The van der Waals surface area contributed by atoms with Crippen LogP contribution in [0.25, 0.3) is 0 Å². The van der Waals surface area contributed by atoms with Gasteiger partial charge in [-0.25, -0.2) is 8.42 Å². The number of nitrogens with zero attached hydrogens (tertiary/aromatic N) is 2. The van der Waals surface area contributed by atoms with Crippen LogP contribution in [0.3, 0.4) is 0 Å². The first-order valence-electron chi connectivity index (χ1n) is 6.64. The average molecular weight is 296 g/mol. The van der Waals surface area contributed by atoms with Crippen molar-refractivity contribution in [1.29, 1.82) is 5.26 Å². The van der Waals surface area contributed by atoms with Gasteiger partial charge >= 0.3 is 0 Å². The minimum Gasteiger partial charge on any atom is -0.346 e. The van der Waals surface area contributed by atoms with Crippen molar-refractivity contribution in [2.24, 2.45) is 0 Å². The highest BCUT2D eigenvalue weighted by Gasteiger charge is 2.47. The number of allylic oxidation sites excluding steroid dienone is 4. The van der Waals surface area contributed by atoms with Crippen molar-refractivity contribution < 1.29 is 17.9 Å². The first-order valence-corrected chi connectivity index (χ1v) is 8.08. The zero-order valence-corrected chi connectivity index (χ0v) is 11.9. The lowest BCUT2D eigenvalue weighted by atomic mass is 10.1. The van der Waals surface area contributed by atoms with E-state index >= 15 is 0 Å². The van der Waals surface area contributed by atoms with E-state index in [2.05, 4.69) is 6.07 Å². The Balaban J connectivity index is 1.79. The summed E-state index contributed by atoms with van der Waals surface area (Å²) in [5.41, 5.74) is 0.615. The van der Waals surface area contributed by atoms with Crippen LogP contribution in [0.1, 0.15) is 19.3 Å². The van der Waals surface area contributed by atoms with E-state index in [4.69, 9.17) is 14.7 Å². The van der Waals surface area contributed by atoms with Crippen LogP contribution in [0, 0.1) is 11.3 Å². The SMILES string of the molecule is N#CC1=CC=C(S(=O)(=O)N2CCC3(C2)OCCO3)CC1. The van der Waals surface area contributed by atoms with E-state index in [0.29, 0.717) is 49.5 Å². The van der Waals surface area contributed by atoms with Gasteiger partial charge in [-0.15, -0.1) is 0 Å². The number of ether oxygens (including phenoxy) is 2. The van der Waals surface area contributed by atoms with Gasteiger partial charge in [0.2, 0.25) is 10.0 Å². The molecule has 0 radical (unpaired) electrons. The maximum absolute atomic E-state index is 12.6. The van der Waals surface area contributed by atoms with Gasteiger partial charge in [-0.05, 0) is 25.0 Å². The third kappa shape index (κ3) is 2.29. The molecule has 0 atom stereocenters. The van der Waals surface area contributed by atoms with E-state index in [1.165, 1.54) is 4.31 Å². The maximum Gasteiger partial charge on any atom is 0.239 e. The summed E-state index contributed by atoms with van der Waals surface area (Å²) in [5, 5.41) is 8.79. The molecular weight excluding hydrogens is 280 g/mol. The Kier molecular flexibility index (Phi) is 3.42. The number of nitriles is 1. The molecule has 3 rings (SSSR count). The summed E-state index contributed by atoms with van der Waals surface area (Å²) >= 11 is 0. The normalized spacial score (nSPS) is 26.4. The Morgan fingerprint density at radius 3 is 2.60 bits per heavy atom. The maximum atomic E-state index is 12.6. The van der Waals surface area contributed by atoms with E-state index in [-0.39, 0.29) is 6.54 Å². The monoisotopic (exact) mass is 296 g/mol. The third-order valence-corrected chi connectivity index (χ3v) is 5.89. The topological polar surface area (TPSA) is 79.6 Å². The Morgan fingerprint density at radius 1 is 1.25 bits per heavy atom. The van der Waals surface area contributed by atoms with Gasteiger partial charge in [0.1, 0.15) is 0 Å². The minimum absolute atomic E-state index is 0.251. The van der Waals surface area contributed by atoms with Crippen LogP contribution in [-0.4, -0.2) is 44.8 Å². The Labute approximate surface area is 118 Å². The number of sulfonamides is 1. The first kappa shape index (κ1) is 13.8. The molecule has 7 heteroatoms. The molecule has 20 heavy (non-hydrogen) atoms. The van der Waals surface area contributed by atoms with Crippen molar-refractivity contribution in [3.8, 4) is 6.07 Å². The predicted octanol–water partition coefficient (Wildman–Crippen LogP) is 0.893. The molecule has 0 amide bonds. The fourth-order valence-corrected chi connectivity index (χ4v) is 4.38. The quantitative estimate of drug-likeness (QED) is 0.756. The van der Waals surface area contributed by atoms with E-state index < -0.39 is 15.8 Å². The van der Waals surface area contributed by atoms with Crippen LogP contribution >= 0.6 is 0 Å². The number of hydrogen-bond acceptors (Lipinski definition) is 5. The summed E-state index contributed by atoms with van der Waals surface area (Å²) < 4.78 is 37.6. The van der Waals surface area contributed by atoms with Gasteiger partial charge < -0.3 is 9.47 Å². The Bertz CT molecular complexity index is 609. The fraction of sp³-hybridized carbons (Fsp3) is 0.615. The highest BCUT2D eigenvalue weighted by molar-refractivity contribution is 7.93. The molecule has 0 aromatic carbocycles. The zero-order chi connectivity index (χ0) is 14.2. The van der Waals surface area contributed by atoms with Crippen molar-refractivity contribution in [3.05, 3.63) is 22.6 Å². The van der Waals surface area contributed by atoms with Crippen molar-refractivity contribution in [1.82, 2.24) is 4.31 Å². The fourth-order valence-electron chi connectivity index (χ4n) is 2.75. The molecule has 6 nitrogen and oxygen atoms in total. The minimum atomic E-state index is -3.48. The van der Waals surface area contributed by atoms with Crippen LogP contribution in [0.4, 0.5) is 0 Å². The van der Waals surface area contributed by atoms with Crippen molar-refractivity contribution in [3.63, 3.8) is 0 Å². The van der Waals surface area contributed by atoms with Gasteiger partial charge in [-0.2, -0.15) is 9.57 Å². The van der Waals surface area contributed by atoms with Gasteiger partial charge in [0.05, 0.1) is 30.7 Å². The van der Waals surface area contributed by atoms with Crippen LogP contribution in [-0.2, 0) is 19.5 Å². The van der Waals surface area contributed by atoms with E-state index in [1.807, 2.05) is 0 Å². The highest BCUT2D eigenvalue weighted by atomic mass is 32.2. The van der Waals surface area contributed by atoms with Crippen molar-refractivity contribution in [2.45, 2.75) is 25.0 Å². The molecule has 108 valence electrons. The van der Waals surface area contributed by atoms with Crippen LogP contribution < -0.4 is 0 Å². The molecule has 1 aliphatic carbocycles. The van der Waals surface area contributed by atoms with Gasteiger partial charge in [0.15, 0.2) is 5.79 Å².